The van der Waals surface area contributed by atoms with Gasteiger partial charge in [0.1, 0.15) is 0 Å². The van der Waals surface area contributed by atoms with Crippen molar-refractivity contribution in [1.82, 2.24) is 0 Å². The highest BCUT2D eigenvalue weighted by molar-refractivity contribution is 5.66. The predicted molar refractivity (Wildman–Crippen MR) is 112 cm³/mol. The molecular formula is C24H40O7. The molecule has 0 radical (unpaired) electrons. The Labute approximate surface area is 184 Å². The number of carbonyl (C=O) groups is 1. The van der Waals surface area contributed by atoms with E-state index >= 15 is 0 Å². The Morgan fingerprint density at radius 2 is 1.71 bits per heavy atom. The lowest BCUT2D eigenvalue weighted by Crippen LogP contribution is -2.70. The number of hydrogen-bond donors (Lipinski definition) is 6. The van der Waals surface area contributed by atoms with Gasteiger partial charge in [0.2, 0.25) is 0 Å². The second-order valence-corrected chi connectivity index (χ2v) is 11.8. The van der Waals surface area contributed by atoms with E-state index in [1.165, 1.54) is 0 Å². The SMILES string of the molecule is C[C@H](CCC(=O)O)[C@H]1CCC2C3C(CC(O)(O)[C@@]21C)[C@@]1(C)CC[C@@H](O)C[C@H]1CC3(O)O. The van der Waals surface area contributed by atoms with Crippen LogP contribution in [-0.2, 0) is 4.79 Å². The van der Waals surface area contributed by atoms with E-state index in [1.807, 2.05) is 13.8 Å². The average molecular weight is 441 g/mol. The normalized spacial score (nSPS) is 48.9. The van der Waals surface area contributed by atoms with E-state index in [9.17, 15) is 30.3 Å². The van der Waals surface area contributed by atoms with Crippen LogP contribution in [-0.4, -0.2) is 54.3 Å². The van der Waals surface area contributed by atoms with E-state index in [-0.39, 0.29) is 54.3 Å². The van der Waals surface area contributed by atoms with E-state index in [0.29, 0.717) is 25.7 Å². The largest absolute Gasteiger partial charge is 0.481 e. The number of rotatable bonds is 4. The molecule has 0 saturated heterocycles. The molecule has 0 heterocycles. The number of aliphatic carboxylic acids is 1. The molecule has 31 heavy (non-hydrogen) atoms. The van der Waals surface area contributed by atoms with Gasteiger partial charge in [-0.15, -0.1) is 0 Å². The van der Waals surface area contributed by atoms with Gasteiger partial charge in [-0.2, -0.15) is 0 Å². The number of fused-ring (bicyclic) bond motifs is 5. The fourth-order valence-electron chi connectivity index (χ4n) is 8.73. The molecule has 178 valence electrons. The van der Waals surface area contributed by atoms with Crippen LogP contribution in [0.1, 0.15) is 78.6 Å². The summed E-state index contributed by atoms with van der Waals surface area (Å²) in [5, 5.41) is 64.8. The van der Waals surface area contributed by atoms with Crippen LogP contribution in [0.25, 0.3) is 0 Å². The molecule has 0 aliphatic heterocycles. The summed E-state index contributed by atoms with van der Waals surface area (Å²) in [5.41, 5.74) is -1.20. The first-order valence-electron chi connectivity index (χ1n) is 12.0. The van der Waals surface area contributed by atoms with Crippen LogP contribution in [0.5, 0.6) is 0 Å². The van der Waals surface area contributed by atoms with Crippen molar-refractivity contribution in [3.8, 4) is 0 Å². The minimum absolute atomic E-state index is 0.00939. The number of carboxylic acids is 1. The summed E-state index contributed by atoms with van der Waals surface area (Å²) < 4.78 is 0. The van der Waals surface area contributed by atoms with Crippen molar-refractivity contribution in [2.75, 3.05) is 0 Å². The van der Waals surface area contributed by atoms with E-state index < -0.39 is 35.0 Å². The Kier molecular flexibility index (Phi) is 5.58. The van der Waals surface area contributed by atoms with Crippen molar-refractivity contribution in [3.63, 3.8) is 0 Å². The quantitative estimate of drug-likeness (QED) is 0.368. The summed E-state index contributed by atoms with van der Waals surface area (Å²) in [6, 6.07) is 0. The summed E-state index contributed by atoms with van der Waals surface area (Å²) >= 11 is 0. The van der Waals surface area contributed by atoms with Gasteiger partial charge < -0.3 is 30.6 Å². The van der Waals surface area contributed by atoms with Crippen molar-refractivity contribution < 1.29 is 35.4 Å². The lowest BCUT2D eigenvalue weighted by atomic mass is 9.41. The first-order valence-corrected chi connectivity index (χ1v) is 12.0. The molecule has 0 aromatic carbocycles. The molecule has 4 rings (SSSR count). The zero-order chi connectivity index (χ0) is 23.0. The van der Waals surface area contributed by atoms with E-state index in [0.717, 1.165) is 12.8 Å². The minimum atomic E-state index is -1.96. The van der Waals surface area contributed by atoms with Crippen molar-refractivity contribution in [3.05, 3.63) is 0 Å². The molecule has 7 nitrogen and oxygen atoms in total. The number of carboxylic acid groups (broad SMARTS) is 1. The van der Waals surface area contributed by atoms with Gasteiger partial charge in [-0.1, -0.05) is 20.8 Å². The predicted octanol–water partition coefficient (Wildman–Crippen LogP) is 2.09. The van der Waals surface area contributed by atoms with Crippen LogP contribution in [0.3, 0.4) is 0 Å². The molecule has 7 heteroatoms. The highest BCUT2D eigenvalue weighted by Crippen LogP contribution is 2.71. The maximum Gasteiger partial charge on any atom is 0.303 e. The van der Waals surface area contributed by atoms with Gasteiger partial charge in [0.05, 0.1) is 6.10 Å². The van der Waals surface area contributed by atoms with Gasteiger partial charge in [0.15, 0.2) is 11.6 Å². The highest BCUT2D eigenvalue weighted by Gasteiger charge is 2.72. The van der Waals surface area contributed by atoms with Gasteiger partial charge >= 0.3 is 5.97 Å². The van der Waals surface area contributed by atoms with Crippen LogP contribution in [0, 0.1) is 46.3 Å². The van der Waals surface area contributed by atoms with E-state index in [1.54, 1.807) is 0 Å². The third-order valence-corrected chi connectivity index (χ3v) is 10.5. The molecule has 0 aromatic rings. The molecule has 4 aliphatic carbocycles. The van der Waals surface area contributed by atoms with Crippen molar-refractivity contribution in [2.24, 2.45) is 46.3 Å². The summed E-state index contributed by atoms with van der Waals surface area (Å²) in [5.74, 6) is -5.88. The highest BCUT2D eigenvalue weighted by atomic mass is 16.5. The topological polar surface area (TPSA) is 138 Å². The molecule has 0 amide bonds. The van der Waals surface area contributed by atoms with Crippen molar-refractivity contribution in [2.45, 2.75) is 96.2 Å². The third-order valence-electron chi connectivity index (χ3n) is 10.5. The van der Waals surface area contributed by atoms with E-state index in [4.69, 9.17) is 5.11 Å². The summed E-state index contributed by atoms with van der Waals surface area (Å²) in [6.07, 6.45) is 3.66. The summed E-state index contributed by atoms with van der Waals surface area (Å²) in [7, 11) is 0. The lowest BCUT2D eigenvalue weighted by molar-refractivity contribution is -0.367. The Hall–Kier alpha value is -0.730. The Morgan fingerprint density at radius 1 is 1.03 bits per heavy atom. The summed E-state index contributed by atoms with van der Waals surface area (Å²) in [6.45, 7) is 5.99. The first kappa shape index (κ1) is 23.4. The second-order valence-electron chi connectivity index (χ2n) is 11.8. The van der Waals surface area contributed by atoms with Gasteiger partial charge in [-0.05, 0) is 73.5 Å². The molecule has 0 aromatic heterocycles. The van der Waals surface area contributed by atoms with Crippen LogP contribution >= 0.6 is 0 Å². The molecule has 6 N–H and O–H groups in total. The minimum Gasteiger partial charge on any atom is -0.481 e. The van der Waals surface area contributed by atoms with Gasteiger partial charge in [0.25, 0.3) is 0 Å². The smallest absolute Gasteiger partial charge is 0.303 e. The van der Waals surface area contributed by atoms with Gasteiger partial charge in [-0.3, -0.25) is 4.79 Å². The fraction of sp³-hybridized carbons (Fsp3) is 0.958. The average Bonchev–Trinajstić information content (AvgIpc) is 3.00. The molecule has 9 atom stereocenters. The Balaban J connectivity index is 1.71. The fourth-order valence-corrected chi connectivity index (χ4v) is 8.73. The first-order chi connectivity index (χ1) is 14.2. The molecule has 0 bridgehead atoms. The zero-order valence-corrected chi connectivity index (χ0v) is 19.0. The maximum absolute atomic E-state index is 11.5. The molecule has 4 saturated carbocycles. The summed E-state index contributed by atoms with van der Waals surface area (Å²) in [4.78, 5) is 11.1. The second kappa shape index (κ2) is 7.39. The lowest BCUT2D eigenvalue weighted by Gasteiger charge is -2.66. The molecule has 3 unspecified atom stereocenters. The van der Waals surface area contributed by atoms with Crippen LogP contribution < -0.4 is 0 Å². The molecule has 4 aliphatic rings. The third kappa shape index (κ3) is 3.38. The van der Waals surface area contributed by atoms with Crippen LogP contribution in [0.4, 0.5) is 0 Å². The van der Waals surface area contributed by atoms with Gasteiger partial charge in [-0.25, -0.2) is 0 Å². The van der Waals surface area contributed by atoms with Crippen LogP contribution in [0.15, 0.2) is 0 Å². The zero-order valence-electron chi connectivity index (χ0n) is 19.0. The van der Waals surface area contributed by atoms with Gasteiger partial charge in [0, 0.05) is 30.6 Å². The maximum atomic E-state index is 11.5. The molecule has 4 fully saturated rings. The molecular weight excluding hydrogens is 400 g/mol. The number of hydrogen-bond acceptors (Lipinski definition) is 6. The standard InChI is InChI=1S/C24H40O7/c1-13(4-7-19(26)27)16-5-6-17-20-18(12-24(30,31)22(16,17)3)21(2)9-8-15(25)10-14(21)11-23(20,28)29/h13-18,20,25,28-31H,4-12H2,1-3H3,(H,26,27)/t13-,14+,15-,16-,17?,18?,20?,21+,22-/m1/s1. The van der Waals surface area contributed by atoms with Crippen molar-refractivity contribution >= 4 is 5.97 Å². The Morgan fingerprint density at radius 3 is 2.35 bits per heavy atom. The molecule has 0 spiro atoms. The van der Waals surface area contributed by atoms with Crippen LogP contribution in [0.2, 0.25) is 0 Å². The van der Waals surface area contributed by atoms with E-state index in [2.05, 4.69) is 6.92 Å². The van der Waals surface area contributed by atoms with Crippen molar-refractivity contribution in [1.29, 1.82) is 0 Å². The number of aliphatic hydroxyl groups is 5. The monoisotopic (exact) mass is 440 g/mol. The Bertz CT molecular complexity index is 721. The number of aliphatic hydroxyl groups excluding tert-OH is 1.